The average molecular weight is 459 g/mol. The Morgan fingerprint density at radius 1 is 1.09 bits per heavy atom. The third kappa shape index (κ3) is 4.38. The molecule has 8 nitrogen and oxygen atoms in total. The van der Waals surface area contributed by atoms with Crippen molar-refractivity contribution in [2.24, 2.45) is 7.05 Å². The van der Waals surface area contributed by atoms with E-state index in [0.717, 1.165) is 16.8 Å². The highest BCUT2D eigenvalue weighted by Gasteiger charge is 2.31. The SMILES string of the molecule is COCc1cc(N2CCN(c3cccc(C4CCC(=O)NC4=O)c3Cl)CC2)c(=O)n(C)c1. The number of aromatic nitrogens is 1. The molecule has 0 aliphatic carbocycles. The first-order chi connectivity index (χ1) is 15.4. The number of ether oxygens (including phenoxy) is 1. The Hall–Kier alpha value is -2.84. The summed E-state index contributed by atoms with van der Waals surface area (Å²) < 4.78 is 6.82. The van der Waals surface area contributed by atoms with Crippen LogP contribution in [0.3, 0.4) is 0 Å². The number of carbonyl (C=O) groups is 2. The molecule has 1 atom stereocenters. The molecule has 32 heavy (non-hydrogen) atoms. The van der Waals surface area contributed by atoms with Gasteiger partial charge in [-0.2, -0.15) is 0 Å². The molecule has 1 N–H and O–H groups in total. The first-order valence-electron chi connectivity index (χ1n) is 10.7. The highest BCUT2D eigenvalue weighted by atomic mass is 35.5. The Morgan fingerprint density at radius 3 is 2.44 bits per heavy atom. The topological polar surface area (TPSA) is 83.9 Å². The first-order valence-corrected chi connectivity index (χ1v) is 11.1. The summed E-state index contributed by atoms with van der Waals surface area (Å²) in [5.41, 5.74) is 3.21. The van der Waals surface area contributed by atoms with Gasteiger partial charge in [0.25, 0.3) is 5.56 Å². The fourth-order valence-corrected chi connectivity index (χ4v) is 4.84. The van der Waals surface area contributed by atoms with Gasteiger partial charge in [-0.25, -0.2) is 0 Å². The van der Waals surface area contributed by atoms with Crippen molar-refractivity contribution < 1.29 is 14.3 Å². The third-order valence-corrected chi connectivity index (χ3v) is 6.53. The maximum atomic E-state index is 12.7. The second-order valence-corrected chi connectivity index (χ2v) is 8.62. The first kappa shape index (κ1) is 22.4. The Balaban J connectivity index is 1.51. The van der Waals surface area contributed by atoms with Gasteiger partial charge in [-0.05, 0) is 29.7 Å². The number of amides is 2. The Morgan fingerprint density at radius 2 is 1.78 bits per heavy atom. The molecule has 1 unspecified atom stereocenters. The summed E-state index contributed by atoms with van der Waals surface area (Å²) >= 11 is 6.74. The predicted molar refractivity (Wildman–Crippen MR) is 123 cm³/mol. The van der Waals surface area contributed by atoms with Gasteiger partial charge >= 0.3 is 0 Å². The summed E-state index contributed by atoms with van der Waals surface area (Å²) in [5, 5.41) is 2.95. The zero-order valence-corrected chi connectivity index (χ0v) is 19.0. The van der Waals surface area contributed by atoms with Crippen LogP contribution >= 0.6 is 11.6 Å². The van der Waals surface area contributed by atoms with Crippen LogP contribution in [0.1, 0.15) is 29.9 Å². The van der Waals surface area contributed by atoms with Crippen LogP contribution in [0, 0.1) is 0 Å². The highest BCUT2D eigenvalue weighted by molar-refractivity contribution is 6.34. The van der Waals surface area contributed by atoms with Gasteiger partial charge in [0.05, 0.1) is 23.2 Å². The zero-order chi connectivity index (χ0) is 22.8. The number of carbonyl (C=O) groups excluding carboxylic acids is 2. The standard InChI is InChI=1S/C23H27ClN4O4/c1-26-13-15(14-32-2)12-19(23(26)31)28-10-8-27(9-11-28)18-5-3-4-16(21(18)24)17-6-7-20(29)25-22(17)30/h3-5,12-13,17H,6-11,14H2,1-2H3,(H,25,29,30). The number of nitrogens with zero attached hydrogens (tertiary/aromatic N) is 3. The molecule has 0 radical (unpaired) electrons. The second-order valence-electron chi connectivity index (χ2n) is 8.24. The molecule has 0 bridgehead atoms. The van der Waals surface area contributed by atoms with Gasteiger partial charge in [0.1, 0.15) is 5.69 Å². The summed E-state index contributed by atoms with van der Waals surface area (Å²) in [6.07, 6.45) is 2.57. The van der Waals surface area contributed by atoms with Crippen molar-refractivity contribution in [3.8, 4) is 0 Å². The molecule has 3 heterocycles. The fourth-order valence-electron chi connectivity index (χ4n) is 4.46. The maximum Gasteiger partial charge on any atom is 0.273 e. The van der Waals surface area contributed by atoms with E-state index in [9.17, 15) is 14.4 Å². The molecule has 0 spiro atoms. The molecule has 2 aliphatic rings. The summed E-state index contributed by atoms with van der Waals surface area (Å²) in [6, 6.07) is 7.60. The number of rotatable bonds is 5. The lowest BCUT2D eigenvalue weighted by Crippen LogP contribution is -2.48. The van der Waals surface area contributed by atoms with Gasteiger partial charge < -0.3 is 19.1 Å². The van der Waals surface area contributed by atoms with Crippen molar-refractivity contribution in [2.45, 2.75) is 25.4 Å². The summed E-state index contributed by atoms with van der Waals surface area (Å²) in [7, 11) is 3.39. The van der Waals surface area contributed by atoms with Gasteiger partial charge in [-0.1, -0.05) is 23.7 Å². The maximum absolute atomic E-state index is 12.7. The average Bonchev–Trinajstić information content (AvgIpc) is 2.77. The van der Waals surface area contributed by atoms with Gasteiger partial charge in [-0.15, -0.1) is 0 Å². The normalized spacial score (nSPS) is 19.3. The number of piperidine rings is 1. The molecule has 2 aliphatic heterocycles. The number of hydrogen-bond donors (Lipinski definition) is 1. The van der Waals surface area contributed by atoms with Crippen LogP contribution in [-0.4, -0.2) is 49.7 Å². The van der Waals surface area contributed by atoms with E-state index < -0.39 is 5.92 Å². The number of piperazine rings is 1. The smallest absolute Gasteiger partial charge is 0.273 e. The molecule has 2 aromatic rings. The molecule has 9 heteroatoms. The van der Waals surface area contributed by atoms with E-state index in [-0.39, 0.29) is 17.4 Å². The van der Waals surface area contributed by atoms with Crippen LogP contribution in [0.4, 0.5) is 11.4 Å². The molecule has 1 aromatic heterocycles. The number of anilines is 2. The highest BCUT2D eigenvalue weighted by Crippen LogP contribution is 2.37. The number of aryl methyl sites for hydroxylation is 1. The molecule has 2 fully saturated rings. The van der Waals surface area contributed by atoms with Crippen LogP contribution < -0.4 is 20.7 Å². The fraction of sp³-hybridized carbons (Fsp3) is 0.435. The van der Waals surface area contributed by atoms with Crippen molar-refractivity contribution in [1.29, 1.82) is 0 Å². The van der Waals surface area contributed by atoms with Crippen LogP contribution in [-0.2, 0) is 28.0 Å². The van der Waals surface area contributed by atoms with E-state index in [4.69, 9.17) is 16.3 Å². The third-order valence-electron chi connectivity index (χ3n) is 6.12. The van der Waals surface area contributed by atoms with Gasteiger partial charge in [-0.3, -0.25) is 19.7 Å². The molecule has 1 aromatic carbocycles. The monoisotopic (exact) mass is 458 g/mol. The number of halogens is 1. The van der Waals surface area contributed by atoms with Gasteiger partial charge in [0.2, 0.25) is 11.8 Å². The number of benzene rings is 1. The van der Waals surface area contributed by atoms with Gasteiger partial charge in [0.15, 0.2) is 0 Å². The molecular formula is C23H27ClN4O4. The minimum Gasteiger partial charge on any atom is -0.380 e. The van der Waals surface area contributed by atoms with E-state index in [2.05, 4.69) is 15.1 Å². The van der Waals surface area contributed by atoms with Crippen molar-refractivity contribution in [1.82, 2.24) is 9.88 Å². The van der Waals surface area contributed by atoms with Crippen LogP contribution in [0.2, 0.25) is 5.02 Å². The predicted octanol–water partition coefficient (Wildman–Crippen LogP) is 2.03. The largest absolute Gasteiger partial charge is 0.380 e. The van der Waals surface area contributed by atoms with Crippen LogP contribution in [0.5, 0.6) is 0 Å². The minimum atomic E-state index is -0.423. The van der Waals surface area contributed by atoms with Crippen molar-refractivity contribution >= 4 is 34.8 Å². The Bertz CT molecular complexity index is 1090. The quantitative estimate of drug-likeness (QED) is 0.690. The number of methoxy groups -OCH3 is 1. The minimum absolute atomic E-state index is 0.0313. The summed E-state index contributed by atoms with van der Waals surface area (Å²) in [6.45, 7) is 3.17. The van der Waals surface area contributed by atoms with Crippen molar-refractivity contribution in [2.75, 3.05) is 43.1 Å². The molecule has 2 saturated heterocycles. The van der Waals surface area contributed by atoms with Crippen LogP contribution in [0.15, 0.2) is 35.3 Å². The number of hydrogen-bond acceptors (Lipinski definition) is 6. The van der Waals surface area contributed by atoms with Crippen molar-refractivity contribution in [3.63, 3.8) is 0 Å². The lowest BCUT2D eigenvalue weighted by molar-refractivity contribution is -0.134. The van der Waals surface area contributed by atoms with Crippen LogP contribution in [0.25, 0.3) is 0 Å². The molecular weight excluding hydrogens is 432 g/mol. The second kappa shape index (κ2) is 9.34. The summed E-state index contributed by atoms with van der Waals surface area (Å²) in [5.74, 6) is -0.958. The van der Waals surface area contributed by atoms with E-state index in [0.29, 0.717) is 56.3 Å². The lowest BCUT2D eigenvalue weighted by atomic mass is 9.90. The zero-order valence-electron chi connectivity index (χ0n) is 18.3. The van der Waals surface area contributed by atoms with Gasteiger partial charge in [0, 0.05) is 53.0 Å². The van der Waals surface area contributed by atoms with E-state index in [1.807, 2.05) is 24.3 Å². The molecule has 170 valence electrons. The van der Waals surface area contributed by atoms with Crippen molar-refractivity contribution in [3.05, 3.63) is 57.0 Å². The van der Waals surface area contributed by atoms with E-state index in [1.165, 1.54) is 0 Å². The molecule has 4 rings (SSSR count). The number of imide groups is 1. The van der Waals surface area contributed by atoms with E-state index >= 15 is 0 Å². The summed E-state index contributed by atoms with van der Waals surface area (Å²) in [4.78, 5) is 40.8. The van der Waals surface area contributed by atoms with E-state index in [1.54, 1.807) is 24.9 Å². The molecule has 0 saturated carbocycles. The molecule has 2 amide bonds. The number of nitrogens with one attached hydrogen (secondary N) is 1. The Labute approximate surface area is 191 Å². The number of pyridine rings is 1. The lowest BCUT2D eigenvalue weighted by Gasteiger charge is -2.38. The Kier molecular flexibility index (Phi) is 6.53.